The molecule has 5 rings (SSSR count). The second-order valence-corrected chi connectivity index (χ2v) is 12.3. The van der Waals surface area contributed by atoms with Gasteiger partial charge in [0, 0.05) is 6.42 Å². The number of fused-ring (bicyclic) bond motifs is 5. The molecular formula is C26H42N2O4. The van der Waals surface area contributed by atoms with Crippen molar-refractivity contribution in [1.82, 2.24) is 10.1 Å². The maximum atomic E-state index is 11.8. The molecule has 1 aromatic rings. The summed E-state index contributed by atoms with van der Waals surface area (Å²) in [6, 6.07) is 0. The molecule has 0 amide bonds. The first kappa shape index (κ1) is 22.6. The van der Waals surface area contributed by atoms with Crippen molar-refractivity contribution in [3.8, 4) is 0 Å². The van der Waals surface area contributed by atoms with Gasteiger partial charge < -0.3 is 14.7 Å². The van der Waals surface area contributed by atoms with Crippen LogP contribution in [0.3, 0.4) is 0 Å². The van der Waals surface area contributed by atoms with E-state index in [1.54, 1.807) is 0 Å². The minimum Gasteiger partial charge on any atom is -0.393 e. The number of H-pyrrole nitrogens is 1. The van der Waals surface area contributed by atoms with Crippen molar-refractivity contribution in [2.24, 2.45) is 52.3 Å². The number of aromatic amines is 1. The maximum Gasteiger partial charge on any atom is 0.459 e. The molecule has 0 saturated heterocycles. The van der Waals surface area contributed by atoms with Gasteiger partial charge in [-0.05, 0) is 97.2 Å². The Morgan fingerprint density at radius 2 is 1.81 bits per heavy atom. The number of hydrogen-bond donors (Lipinski definition) is 3. The lowest BCUT2D eigenvalue weighted by atomic mass is 9.41. The lowest BCUT2D eigenvalue weighted by molar-refractivity contribution is -0.203. The van der Waals surface area contributed by atoms with Crippen molar-refractivity contribution in [1.29, 1.82) is 0 Å². The van der Waals surface area contributed by atoms with Crippen LogP contribution in [0.15, 0.2) is 9.32 Å². The molecule has 0 radical (unpaired) electrons. The highest BCUT2D eigenvalue weighted by atomic mass is 16.5. The van der Waals surface area contributed by atoms with Crippen LogP contribution < -0.4 is 5.76 Å². The predicted octanol–water partition coefficient (Wildman–Crippen LogP) is 4.17. The lowest BCUT2D eigenvalue weighted by Gasteiger charge is -2.64. The van der Waals surface area contributed by atoms with Crippen LogP contribution >= 0.6 is 0 Å². The molecule has 11 atom stereocenters. The van der Waals surface area contributed by atoms with E-state index in [1.165, 1.54) is 25.7 Å². The third kappa shape index (κ3) is 3.26. The monoisotopic (exact) mass is 446 g/mol. The smallest absolute Gasteiger partial charge is 0.393 e. The van der Waals surface area contributed by atoms with Gasteiger partial charge in [0.15, 0.2) is 0 Å². The molecule has 6 nitrogen and oxygen atoms in total. The zero-order chi connectivity index (χ0) is 22.8. The van der Waals surface area contributed by atoms with Crippen molar-refractivity contribution < 1.29 is 14.7 Å². The predicted molar refractivity (Wildman–Crippen MR) is 122 cm³/mol. The van der Waals surface area contributed by atoms with Gasteiger partial charge in [-0.2, -0.15) is 4.98 Å². The molecule has 4 unspecified atom stereocenters. The van der Waals surface area contributed by atoms with Crippen LogP contribution in [0.5, 0.6) is 0 Å². The lowest BCUT2D eigenvalue weighted by Crippen LogP contribution is -2.62. The quantitative estimate of drug-likeness (QED) is 0.645. The maximum absolute atomic E-state index is 11.8. The van der Waals surface area contributed by atoms with E-state index in [1.807, 2.05) is 0 Å². The van der Waals surface area contributed by atoms with Gasteiger partial charge in [-0.3, -0.25) is 0 Å². The second-order valence-electron chi connectivity index (χ2n) is 12.3. The Morgan fingerprint density at radius 1 is 1.09 bits per heavy atom. The van der Waals surface area contributed by atoms with Gasteiger partial charge in [0.2, 0.25) is 0 Å². The van der Waals surface area contributed by atoms with Crippen LogP contribution in [0, 0.1) is 52.3 Å². The molecule has 0 bridgehead atoms. The van der Waals surface area contributed by atoms with Crippen molar-refractivity contribution in [3.05, 3.63) is 16.4 Å². The molecule has 0 spiro atoms. The second kappa shape index (κ2) is 7.97. The summed E-state index contributed by atoms with van der Waals surface area (Å²) in [5, 5.41) is 24.9. The third-order valence-electron chi connectivity index (χ3n) is 11.1. The summed E-state index contributed by atoms with van der Waals surface area (Å²) < 4.78 is 4.80. The Labute approximate surface area is 191 Å². The van der Waals surface area contributed by atoms with E-state index in [0.29, 0.717) is 47.2 Å². The van der Waals surface area contributed by atoms with Crippen molar-refractivity contribution in [2.75, 3.05) is 0 Å². The summed E-state index contributed by atoms with van der Waals surface area (Å²) in [7, 11) is 0. The molecule has 4 aliphatic rings. The van der Waals surface area contributed by atoms with Crippen molar-refractivity contribution in [2.45, 2.75) is 97.7 Å². The highest BCUT2D eigenvalue weighted by Gasteiger charge is 2.64. The number of aliphatic hydroxyl groups excluding tert-OH is 2. The van der Waals surface area contributed by atoms with Crippen molar-refractivity contribution in [3.63, 3.8) is 0 Å². The van der Waals surface area contributed by atoms with Gasteiger partial charge >= 0.3 is 5.76 Å². The van der Waals surface area contributed by atoms with Crippen LogP contribution in [-0.4, -0.2) is 32.6 Å². The van der Waals surface area contributed by atoms with Gasteiger partial charge in [0.1, 0.15) is 5.82 Å². The van der Waals surface area contributed by atoms with Crippen LogP contribution in [0.25, 0.3) is 0 Å². The number of rotatable bonds is 4. The molecule has 0 aromatic carbocycles. The molecule has 0 aliphatic heterocycles. The molecule has 180 valence electrons. The van der Waals surface area contributed by atoms with Crippen LogP contribution in [0.1, 0.15) is 84.9 Å². The molecule has 4 aliphatic carbocycles. The minimum absolute atomic E-state index is 0.195. The summed E-state index contributed by atoms with van der Waals surface area (Å²) >= 11 is 0. The Balaban J connectivity index is 1.42. The average molecular weight is 447 g/mol. The molecule has 32 heavy (non-hydrogen) atoms. The SMILES string of the molecule is CC[C@@H]1C2C[C@H](O)CC[C@]2(C)C2CC[C@@]3(C)C(CC[C@@H]3[C@H](C)Cc3nc(=O)o[nH]3)C2[C@@H]1O. The van der Waals surface area contributed by atoms with E-state index >= 15 is 0 Å². The normalized spacial score (nSPS) is 49.2. The molecule has 4 saturated carbocycles. The zero-order valence-corrected chi connectivity index (χ0v) is 20.2. The van der Waals surface area contributed by atoms with Crippen LogP contribution in [-0.2, 0) is 6.42 Å². The third-order valence-corrected chi connectivity index (χ3v) is 11.1. The molecule has 1 aromatic heterocycles. The summed E-state index contributed by atoms with van der Waals surface area (Å²) in [5.74, 6) is 3.34. The first-order chi connectivity index (χ1) is 15.2. The highest BCUT2D eigenvalue weighted by molar-refractivity contribution is 5.13. The zero-order valence-electron chi connectivity index (χ0n) is 20.2. The van der Waals surface area contributed by atoms with Gasteiger partial charge in [-0.1, -0.05) is 34.1 Å². The molecule has 4 fully saturated rings. The Bertz CT molecular complexity index is 881. The standard InChI is InChI=1S/C26H42N2O4/c1-5-16-20-13-15(29)8-10-26(20,4)19-9-11-25(3)17(6-7-18(25)22(19)23(16)30)14(2)12-21-27-24(31)32-28-21/h14-20,22-23,29-30H,5-13H2,1-4H3,(H,27,28,31)/t14-,15-,16-,17-,18?,19?,20?,22?,23-,25-,26-/m1/s1. The van der Waals surface area contributed by atoms with Gasteiger partial charge in [-0.25, -0.2) is 9.95 Å². The van der Waals surface area contributed by atoms with Crippen LogP contribution in [0.2, 0.25) is 0 Å². The van der Waals surface area contributed by atoms with E-state index in [0.717, 1.165) is 32.1 Å². The fraction of sp³-hybridized carbons (Fsp3) is 0.923. The number of aliphatic hydroxyl groups is 2. The summed E-state index contributed by atoms with van der Waals surface area (Å²) in [4.78, 5) is 15.3. The van der Waals surface area contributed by atoms with E-state index in [-0.39, 0.29) is 23.0 Å². The fourth-order valence-corrected chi connectivity index (χ4v) is 9.73. The van der Waals surface area contributed by atoms with Gasteiger partial charge in [-0.15, -0.1) is 0 Å². The average Bonchev–Trinajstić information content (AvgIpc) is 3.32. The van der Waals surface area contributed by atoms with Gasteiger partial charge in [0.25, 0.3) is 0 Å². The molecular weight excluding hydrogens is 404 g/mol. The van der Waals surface area contributed by atoms with E-state index in [4.69, 9.17) is 4.52 Å². The molecule has 6 heteroatoms. The first-order valence-electron chi connectivity index (χ1n) is 13.1. The first-order valence-corrected chi connectivity index (χ1v) is 13.1. The number of nitrogens with one attached hydrogen (secondary N) is 1. The molecule has 3 N–H and O–H groups in total. The Morgan fingerprint density at radius 3 is 2.50 bits per heavy atom. The number of aromatic nitrogens is 2. The van der Waals surface area contributed by atoms with Crippen LogP contribution in [0.4, 0.5) is 0 Å². The summed E-state index contributed by atoms with van der Waals surface area (Å²) in [6.07, 6.45) is 8.98. The van der Waals surface area contributed by atoms with Gasteiger partial charge in [0.05, 0.1) is 12.2 Å². The van der Waals surface area contributed by atoms with E-state index < -0.39 is 5.76 Å². The number of nitrogens with zero attached hydrogens (tertiary/aromatic N) is 1. The minimum atomic E-state index is -0.542. The van der Waals surface area contributed by atoms with Crippen molar-refractivity contribution >= 4 is 0 Å². The Kier molecular flexibility index (Phi) is 5.64. The van der Waals surface area contributed by atoms with E-state index in [9.17, 15) is 15.0 Å². The van der Waals surface area contributed by atoms with E-state index in [2.05, 4.69) is 37.8 Å². The fourth-order valence-electron chi connectivity index (χ4n) is 9.73. The highest BCUT2D eigenvalue weighted by Crippen LogP contribution is 2.69. The largest absolute Gasteiger partial charge is 0.459 e. The topological polar surface area (TPSA) is 99.4 Å². The number of hydrogen-bond acceptors (Lipinski definition) is 5. The Hall–Kier alpha value is -1.14. The summed E-state index contributed by atoms with van der Waals surface area (Å²) in [5.41, 5.74) is 0.469. The molecule has 1 heterocycles. The summed E-state index contributed by atoms with van der Waals surface area (Å²) in [6.45, 7) is 9.51.